The molecule has 4 fully saturated rings. The number of nitrogens with zero attached hydrogens (tertiary/aromatic N) is 9. The van der Waals surface area contributed by atoms with E-state index in [2.05, 4.69) is 32.4 Å². The van der Waals surface area contributed by atoms with Crippen LogP contribution in [0.5, 0.6) is 0 Å². The molecular formula is C64H69F4N9O7. The number of halogens is 4. The number of anilines is 2. The lowest BCUT2D eigenvalue weighted by molar-refractivity contribution is -0.143. The first-order valence-electron chi connectivity index (χ1n) is 29.3. The highest BCUT2D eigenvalue weighted by Gasteiger charge is 2.40. The predicted octanol–water partition coefficient (Wildman–Crippen LogP) is 14.1. The zero-order valence-electron chi connectivity index (χ0n) is 48.1. The summed E-state index contributed by atoms with van der Waals surface area (Å²) in [5.41, 5.74) is 9.18. The topological polar surface area (TPSA) is 186 Å². The average Bonchev–Trinajstić information content (AvgIpc) is 3.02. The zero-order valence-corrected chi connectivity index (χ0v) is 48.1. The molecule has 0 radical (unpaired) electrons. The monoisotopic (exact) mass is 1150 g/mol. The van der Waals surface area contributed by atoms with Crippen LogP contribution in [0.4, 0.5) is 28.9 Å². The van der Waals surface area contributed by atoms with E-state index in [0.717, 1.165) is 130 Å². The molecule has 0 bridgehead atoms. The van der Waals surface area contributed by atoms with Gasteiger partial charge in [0.15, 0.2) is 23.3 Å². The quantitative estimate of drug-likeness (QED) is 0.115. The van der Waals surface area contributed by atoms with Crippen molar-refractivity contribution in [2.75, 3.05) is 23.4 Å². The van der Waals surface area contributed by atoms with Gasteiger partial charge in [0.2, 0.25) is 17.7 Å². The molecule has 2 atom stereocenters. The third-order valence-corrected chi connectivity index (χ3v) is 17.7. The Bertz CT molecular complexity index is 3770. The molecule has 84 heavy (non-hydrogen) atoms. The predicted molar refractivity (Wildman–Crippen MR) is 308 cm³/mol. The first kappa shape index (κ1) is 57.6. The standard InChI is InChI=1S/C34H39F2N5O3.C30H30F2N4O4/c1-5-17-39(4)34(43)22-9-12-24(13-10-22)41-29-16-11-23(32-20(2)38-44-21(32)3)18-28(29)37-33(41)30-7-6-8-31(42)40(30)25-14-15-26(35)27(36)19-25;1-16-28(17(2)40-34-16)19-8-13-25-24(14-19)33-29(36(25)20-9-6-18(7-10-20)30(38)39)26-4-3-5-27(37)35(26)21-11-12-22(31)23(32)15-21/h11,14-16,18-19,22,24,30H,5-10,12-13,17H2,1-4H3;8,11-15,18,20,26H,3-7,9-10H2,1-2H3,(H,38,39)/t22?,24?,30-;18?,20?,26-/m00/s1. The number of fused-ring (bicyclic) bond motifs is 2. The minimum Gasteiger partial charge on any atom is -0.481 e. The van der Waals surface area contributed by atoms with Crippen molar-refractivity contribution in [3.05, 3.63) is 131 Å². The molecule has 0 spiro atoms. The average molecular weight is 1150 g/mol. The lowest BCUT2D eigenvalue weighted by Gasteiger charge is -2.38. The second-order valence-corrected chi connectivity index (χ2v) is 23.1. The molecule has 2 saturated carbocycles. The third-order valence-electron chi connectivity index (χ3n) is 17.7. The Morgan fingerprint density at radius 3 is 1.39 bits per heavy atom. The summed E-state index contributed by atoms with van der Waals surface area (Å²) in [5, 5.41) is 17.7. The van der Waals surface area contributed by atoms with Crippen LogP contribution in [0, 0.1) is 62.8 Å². The Morgan fingerprint density at radius 2 is 1.01 bits per heavy atom. The molecule has 12 rings (SSSR count). The van der Waals surface area contributed by atoms with Crippen molar-refractivity contribution in [3.63, 3.8) is 0 Å². The molecule has 0 unspecified atom stereocenters. The Labute approximate surface area is 483 Å². The van der Waals surface area contributed by atoms with Gasteiger partial charge in [0, 0.05) is 79.1 Å². The Hall–Kier alpha value is -8.16. The van der Waals surface area contributed by atoms with Crippen molar-refractivity contribution in [2.24, 2.45) is 11.8 Å². The molecule has 2 saturated heterocycles. The smallest absolute Gasteiger partial charge is 0.306 e. The van der Waals surface area contributed by atoms with Crippen LogP contribution in [0.15, 0.2) is 81.8 Å². The molecular weight excluding hydrogens is 1080 g/mol. The fourth-order valence-electron chi connectivity index (χ4n) is 13.6. The Morgan fingerprint density at radius 1 is 0.583 bits per heavy atom. The number of rotatable bonds is 12. The largest absolute Gasteiger partial charge is 0.481 e. The number of carboxylic acids is 1. The second-order valence-electron chi connectivity index (χ2n) is 23.1. The van der Waals surface area contributed by atoms with E-state index in [1.807, 2.05) is 70.0 Å². The summed E-state index contributed by atoms with van der Waals surface area (Å²) in [6, 6.07) is 18.4. The highest BCUT2D eigenvalue weighted by atomic mass is 19.2. The molecule has 3 amide bonds. The summed E-state index contributed by atoms with van der Waals surface area (Å²) in [4.78, 5) is 66.6. The minimum atomic E-state index is -1.01. The molecule has 4 aliphatic rings. The molecule has 4 aromatic carbocycles. The van der Waals surface area contributed by atoms with Gasteiger partial charge in [0.25, 0.3) is 0 Å². The van der Waals surface area contributed by atoms with E-state index in [-0.39, 0.29) is 41.6 Å². The molecule has 20 heteroatoms. The van der Waals surface area contributed by atoms with Crippen molar-refractivity contribution >= 4 is 57.1 Å². The van der Waals surface area contributed by atoms with Gasteiger partial charge in [-0.2, -0.15) is 0 Å². The number of carbonyl (C=O) groups excluding carboxylic acids is 3. The molecule has 440 valence electrons. The van der Waals surface area contributed by atoms with Crippen LogP contribution in [0.3, 0.4) is 0 Å². The molecule has 6 heterocycles. The summed E-state index contributed by atoms with van der Waals surface area (Å²) in [7, 11) is 1.88. The molecule has 4 aromatic heterocycles. The van der Waals surface area contributed by atoms with Crippen LogP contribution in [0.2, 0.25) is 0 Å². The van der Waals surface area contributed by atoms with Gasteiger partial charge in [0.1, 0.15) is 23.2 Å². The van der Waals surface area contributed by atoms with Gasteiger partial charge >= 0.3 is 5.97 Å². The second kappa shape index (κ2) is 23.8. The zero-order chi connectivity index (χ0) is 59.2. The van der Waals surface area contributed by atoms with E-state index >= 15 is 0 Å². The summed E-state index contributed by atoms with van der Waals surface area (Å²) in [5.74, 6) is -2.40. The fraction of sp³-hybridized carbons (Fsp3) is 0.438. The number of carbonyl (C=O) groups is 4. The lowest BCUT2D eigenvalue weighted by atomic mass is 9.84. The van der Waals surface area contributed by atoms with Gasteiger partial charge in [-0.05, 0) is 171 Å². The van der Waals surface area contributed by atoms with E-state index < -0.39 is 41.3 Å². The highest BCUT2D eigenvalue weighted by molar-refractivity contribution is 5.96. The van der Waals surface area contributed by atoms with E-state index in [9.17, 15) is 41.8 Å². The maximum absolute atomic E-state index is 14.4. The number of aromatic nitrogens is 6. The van der Waals surface area contributed by atoms with Gasteiger partial charge in [-0.1, -0.05) is 29.4 Å². The maximum atomic E-state index is 14.4. The number of piperidine rings is 2. The van der Waals surface area contributed by atoms with Crippen molar-refractivity contribution in [3.8, 4) is 22.3 Å². The number of carboxylic acid groups (broad SMARTS) is 1. The number of imidazole rings is 2. The Kier molecular flexibility index (Phi) is 16.4. The van der Waals surface area contributed by atoms with Gasteiger partial charge in [0.05, 0.1) is 51.5 Å². The first-order chi connectivity index (χ1) is 40.4. The van der Waals surface area contributed by atoms with E-state index in [1.54, 1.807) is 9.80 Å². The van der Waals surface area contributed by atoms with Crippen molar-refractivity contribution in [2.45, 2.75) is 155 Å². The minimum absolute atomic E-state index is 0.00986. The van der Waals surface area contributed by atoms with Gasteiger partial charge in [-0.15, -0.1) is 0 Å². The molecule has 2 aliphatic carbocycles. The van der Waals surface area contributed by atoms with Crippen LogP contribution >= 0.6 is 0 Å². The number of benzene rings is 4. The highest BCUT2D eigenvalue weighted by Crippen LogP contribution is 2.45. The lowest BCUT2D eigenvalue weighted by Crippen LogP contribution is -2.40. The van der Waals surface area contributed by atoms with Crippen LogP contribution < -0.4 is 9.80 Å². The molecule has 16 nitrogen and oxygen atoms in total. The van der Waals surface area contributed by atoms with Crippen molar-refractivity contribution in [1.82, 2.24) is 34.3 Å². The van der Waals surface area contributed by atoms with Crippen LogP contribution in [-0.4, -0.2) is 76.7 Å². The van der Waals surface area contributed by atoms with Crippen LogP contribution in [0.25, 0.3) is 44.3 Å². The van der Waals surface area contributed by atoms with E-state index in [1.165, 1.54) is 12.1 Å². The number of hydrogen-bond donors (Lipinski definition) is 1. The first-order valence-corrected chi connectivity index (χ1v) is 29.3. The molecule has 8 aromatic rings. The number of amides is 3. The van der Waals surface area contributed by atoms with Crippen LogP contribution in [0.1, 0.15) is 162 Å². The van der Waals surface area contributed by atoms with Crippen molar-refractivity contribution < 1.29 is 50.9 Å². The molecule has 2 aliphatic heterocycles. The normalized spacial score (nSPS) is 21.3. The van der Waals surface area contributed by atoms with Crippen LogP contribution in [-0.2, 0) is 19.2 Å². The SMILES string of the molecule is CCCN(C)C(=O)C1CCC(n2c([C@@H]3CCCC(=O)N3c3ccc(F)c(F)c3)nc3cc(-c4c(C)noc4C)ccc32)CC1.Cc1noc(C)c1-c1ccc2c(c1)nc([C@@H]1CCCC(=O)N1c1ccc(F)c(F)c1)n2C1CCC(C(=O)O)CC1. The maximum Gasteiger partial charge on any atom is 0.306 e. The number of aliphatic carboxylic acids is 1. The summed E-state index contributed by atoms with van der Waals surface area (Å²) >= 11 is 0. The van der Waals surface area contributed by atoms with Gasteiger partial charge < -0.3 is 38.0 Å². The third kappa shape index (κ3) is 11.0. The number of aryl methyl sites for hydroxylation is 4. The summed E-state index contributed by atoms with van der Waals surface area (Å²) < 4.78 is 71.6. The summed E-state index contributed by atoms with van der Waals surface area (Å²) in [6.07, 6.45) is 9.65. The fourth-order valence-corrected chi connectivity index (χ4v) is 13.6. The van der Waals surface area contributed by atoms with Crippen molar-refractivity contribution in [1.29, 1.82) is 0 Å². The summed E-state index contributed by atoms with van der Waals surface area (Å²) in [6.45, 7) is 10.4. The van der Waals surface area contributed by atoms with E-state index in [0.29, 0.717) is 87.2 Å². The van der Waals surface area contributed by atoms with Gasteiger partial charge in [-0.25, -0.2) is 27.5 Å². The number of hydrogen-bond acceptors (Lipinski definition) is 10. The molecule has 1 N–H and O–H groups in total. The van der Waals surface area contributed by atoms with E-state index in [4.69, 9.17) is 19.0 Å². The van der Waals surface area contributed by atoms with Gasteiger partial charge in [-0.3, -0.25) is 19.2 Å². The Balaban J connectivity index is 0.000000176.